The first-order chi connectivity index (χ1) is 11.9. The Labute approximate surface area is 159 Å². The molecule has 0 unspecified atom stereocenters. The van der Waals surface area contributed by atoms with E-state index >= 15 is 0 Å². The number of methoxy groups -OCH3 is 1. The fourth-order valence-electron chi connectivity index (χ4n) is 2.01. The van der Waals surface area contributed by atoms with Gasteiger partial charge in [-0.3, -0.25) is 4.79 Å². The molecule has 2 aromatic carbocycles. The van der Waals surface area contributed by atoms with Gasteiger partial charge in [-0.2, -0.15) is 5.26 Å². The minimum atomic E-state index is -0.565. The van der Waals surface area contributed by atoms with Crippen molar-refractivity contribution in [2.24, 2.45) is 0 Å². The third kappa shape index (κ3) is 4.99. The van der Waals surface area contributed by atoms with Crippen molar-refractivity contribution in [1.82, 2.24) is 0 Å². The smallest absolute Gasteiger partial charge is 0.267 e. The zero-order valence-electron chi connectivity index (χ0n) is 13.6. The third-order valence-corrected chi connectivity index (χ3v) is 4.44. The molecule has 1 amide bonds. The molecule has 2 aromatic rings. The Balaban J connectivity index is 2.17. The summed E-state index contributed by atoms with van der Waals surface area (Å²) < 4.78 is 6.15. The van der Waals surface area contributed by atoms with E-state index < -0.39 is 5.91 Å². The van der Waals surface area contributed by atoms with E-state index in [0.717, 1.165) is 15.7 Å². The summed E-state index contributed by atoms with van der Waals surface area (Å²) in [6.45, 7) is 1.95. The first-order valence-corrected chi connectivity index (χ1v) is 8.39. The van der Waals surface area contributed by atoms with Crippen LogP contribution in [0.25, 0.3) is 0 Å². The lowest BCUT2D eigenvalue weighted by Gasteiger charge is -2.10. The maximum Gasteiger partial charge on any atom is 0.267 e. The molecule has 0 aromatic heterocycles. The number of nitrogens with zero attached hydrogens (tertiary/aromatic N) is 1. The van der Waals surface area contributed by atoms with Gasteiger partial charge in [0.15, 0.2) is 0 Å². The van der Waals surface area contributed by atoms with Gasteiger partial charge in [0.2, 0.25) is 0 Å². The monoisotopic (exact) mass is 419 g/mol. The number of hydrogen-bond acceptors (Lipinski definition) is 4. The average molecular weight is 421 g/mol. The molecule has 0 heterocycles. The molecular formula is C18H15BrClN3O2. The third-order valence-electron chi connectivity index (χ3n) is 3.32. The van der Waals surface area contributed by atoms with Gasteiger partial charge >= 0.3 is 0 Å². The normalized spacial score (nSPS) is 10.8. The zero-order chi connectivity index (χ0) is 18.4. The molecule has 5 nitrogen and oxygen atoms in total. The van der Waals surface area contributed by atoms with E-state index in [9.17, 15) is 10.1 Å². The highest BCUT2D eigenvalue weighted by Gasteiger charge is 2.13. The molecule has 0 atom stereocenters. The van der Waals surface area contributed by atoms with Crippen LogP contribution in [0.1, 0.15) is 5.56 Å². The van der Waals surface area contributed by atoms with Crippen LogP contribution in [0.2, 0.25) is 5.02 Å². The van der Waals surface area contributed by atoms with E-state index in [2.05, 4.69) is 26.6 Å². The molecule has 25 heavy (non-hydrogen) atoms. The van der Waals surface area contributed by atoms with Crippen molar-refractivity contribution in [3.8, 4) is 11.8 Å². The topological polar surface area (TPSA) is 74.1 Å². The molecule has 128 valence electrons. The maximum absolute atomic E-state index is 12.3. The molecule has 0 saturated heterocycles. The molecule has 0 spiro atoms. The molecule has 0 aliphatic carbocycles. The van der Waals surface area contributed by atoms with Gasteiger partial charge in [-0.15, -0.1) is 0 Å². The van der Waals surface area contributed by atoms with Crippen molar-refractivity contribution < 1.29 is 9.53 Å². The number of halogens is 2. The van der Waals surface area contributed by atoms with Crippen LogP contribution >= 0.6 is 27.5 Å². The lowest BCUT2D eigenvalue weighted by atomic mass is 10.2. The highest BCUT2D eigenvalue weighted by atomic mass is 79.9. The number of hydrogen-bond donors (Lipinski definition) is 2. The summed E-state index contributed by atoms with van der Waals surface area (Å²) in [6.07, 6.45) is 1.36. The van der Waals surface area contributed by atoms with Crippen molar-refractivity contribution >= 4 is 44.8 Å². The predicted octanol–water partition coefficient (Wildman–Crippen LogP) is 4.88. The van der Waals surface area contributed by atoms with Gasteiger partial charge < -0.3 is 15.4 Å². The van der Waals surface area contributed by atoms with E-state index in [1.165, 1.54) is 13.3 Å². The van der Waals surface area contributed by atoms with Gasteiger partial charge in [-0.25, -0.2) is 0 Å². The zero-order valence-corrected chi connectivity index (χ0v) is 15.9. The molecule has 0 radical (unpaired) electrons. The van der Waals surface area contributed by atoms with E-state index in [1.54, 1.807) is 18.2 Å². The van der Waals surface area contributed by atoms with Gasteiger partial charge in [0, 0.05) is 21.4 Å². The van der Waals surface area contributed by atoms with E-state index in [4.69, 9.17) is 16.3 Å². The minimum absolute atomic E-state index is 0.0809. The molecule has 0 fully saturated rings. The fourth-order valence-corrected chi connectivity index (χ4v) is 2.42. The SMILES string of the molecule is COc1ccc(Cl)cc1NC(=O)/C(C#N)=C\Nc1ccc(Br)c(C)c1. The quantitative estimate of drug-likeness (QED) is 0.534. The first-order valence-electron chi connectivity index (χ1n) is 7.22. The Morgan fingerprint density at radius 2 is 2.08 bits per heavy atom. The van der Waals surface area contributed by atoms with Crippen LogP contribution in [0, 0.1) is 18.3 Å². The molecule has 2 rings (SSSR count). The number of benzene rings is 2. The summed E-state index contributed by atoms with van der Waals surface area (Å²) in [5, 5.41) is 15.3. The summed E-state index contributed by atoms with van der Waals surface area (Å²) >= 11 is 9.36. The summed E-state index contributed by atoms with van der Waals surface area (Å²) in [5.41, 5.74) is 2.11. The second kappa shape index (κ2) is 8.56. The Kier molecular flexibility index (Phi) is 6.45. The number of nitrogens with one attached hydrogen (secondary N) is 2. The summed E-state index contributed by atoms with van der Waals surface area (Å²) in [5.74, 6) is -0.115. The lowest BCUT2D eigenvalue weighted by Crippen LogP contribution is -2.15. The van der Waals surface area contributed by atoms with Gasteiger partial charge in [0.1, 0.15) is 17.4 Å². The molecule has 0 bridgehead atoms. The van der Waals surface area contributed by atoms with Crippen molar-refractivity contribution in [2.75, 3.05) is 17.7 Å². The van der Waals surface area contributed by atoms with Crippen LogP contribution in [0.3, 0.4) is 0 Å². The molecule has 0 aliphatic rings. The molecular weight excluding hydrogens is 406 g/mol. The van der Waals surface area contributed by atoms with Crippen LogP contribution in [0.5, 0.6) is 5.75 Å². The number of nitriles is 1. The van der Waals surface area contributed by atoms with Crippen LogP contribution in [0.15, 0.2) is 52.6 Å². The average Bonchev–Trinajstić information content (AvgIpc) is 2.58. The molecule has 0 saturated carbocycles. The number of aryl methyl sites for hydroxylation is 1. The van der Waals surface area contributed by atoms with E-state index in [1.807, 2.05) is 31.2 Å². The Bertz CT molecular complexity index is 875. The number of carbonyl (C=O) groups excluding carboxylic acids is 1. The largest absolute Gasteiger partial charge is 0.495 e. The number of anilines is 2. The second-order valence-corrected chi connectivity index (χ2v) is 6.37. The minimum Gasteiger partial charge on any atom is -0.495 e. The van der Waals surface area contributed by atoms with Crippen LogP contribution in [0.4, 0.5) is 11.4 Å². The van der Waals surface area contributed by atoms with E-state index in [0.29, 0.717) is 16.5 Å². The van der Waals surface area contributed by atoms with Crippen molar-refractivity contribution in [2.45, 2.75) is 6.92 Å². The Morgan fingerprint density at radius 3 is 2.72 bits per heavy atom. The number of rotatable bonds is 5. The second-order valence-electron chi connectivity index (χ2n) is 5.08. The first kappa shape index (κ1) is 18.8. The number of ether oxygens (including phenoxy) is 1. The standard InChI is InChI=1S/C18H15BrClN3O2/c1-11-7-14(4-5-15(11)19)22-10-12(9-21)18(24)23-16-8-13(20)3-6-17(16)25-2/h3-8,10,22H,1-2H3,(H,23,24)/b12-10-. The van der Waals surface area contributed by atoms with Crippen LogP contribution in [-0.4, -0.2) is 13.0 Å². The summed E-state index contributed by atoms with van der Waals surface area (Å²) in [4.78, 5) is 12.3. The maximum atomic E-state index is 12.3. The highest BCUT2D eigenvalue weighted by molar-refractivity contribution is 9.10. The molecule has 7 heteroatoms. The van der Waals surface area contributed by atoms with Crippen LogP contribution < -0.4 is 15.4 Å². The van der Waals surface area contributed by atoms with Gasteiger partial charge in [0.05, 0.1) is 12.8 Å². The number of amides is 1. The predicted molar refractivity (Wildman–Crippen MR) is 103 cm³/mol. The van der Waals surface area contributed by atoms with Crippen molar-refractivity contribution in [1.29, 1.82) is 5.26 Å². The highest BCUT2D eigenvalue weighted by Crippen LogP contribution is 2.28. The van der Waals surface area contributed by atoms with Gasteiger partial charge in [-0.05, 0) is 48.9 Å². The molecule has 2 N–H and O–H groups in total. The lowest BCUT2D eigenvalue weighted by molar-refractivity contribution is -0.112. The molecule has 0 aliphatic heterocycles. The van der Waals surface area contributed by atoms with Crippen molar-refractivity contribution in [3.63, 3.8) is 0 Å². The Hall–Kier alpha value is -2.49. The number of carbonyl (C=O) groups is 1. The Morgan fingerprint density at radius 1 is 1.32 bits per heavy atom. The fraction of sp³-hybridized carbons (Fsp3) is 0.111. The van der Waals surface area contributed by atoms with Gasteiger partial charge in [-0.1, -0.05) is 27.5 Å². The van der Waals surface area contributed by atoms with Gasteiger partial charge in [0.25, 0.3) is 5.91 Å². The summed E-state index contributed by atoms with van der Waals surface area (Å²) in [7, 11) is 1.48. The van der Waals surface area contributed by atoms with Crippen molar-refractivity contribution in [3.05, 3.63) is 63.2 Å². The van der Waals surface area contributed by atoms with E-state index in [-0.39, 0.29) is 5.57 Å². The summed E-state index contributed by atoms with van der Waals surface area (Å²) in [6, 6.07) is 12.3. The van der Waals surface area contributed by atoms with Crippen LogP contribution in [-0.2, 0) is 4.79 Å².